The maximum atomic E-state index is 11.3. The predicted octanol–water partition coefficient (Wildman–Crippen LogP) is 0.468. The topological polar surface area (TPSA) is 285 Å². The zero-order valence-corrected chi connectivity index (χ0v) is 28.6. The van der Waals surface area contributed by atoms with Crippen LogP contribution in [0.15, 0.2) is 0 Å². The Hall–Kier alpha value is -4.60. The number of carbonyl (C=O) groups excluding carboxylic acids is 8. The van der Waals surface area contributed by atoms with Gasteiger partial charge in [0, 0.05) is 38.2 Å². The minimum atomic E-state index is -1.28. The molecule has 22 heteroatoms. The van der Waals surface area contributed by atoms with Crippen LogP contribution in [-0.2, 0) is 62.1 Å². The largest absolute Gasteiger partial charge is 0.536 e. The van der Waals surface area contributed by atoms with Crippen LogP contribution in [0.5, 0.6) is 0 Å². The Balaban J connectivity index is 0. The van der Waals surface area contributed by atoms with E-state index >= 15 is 0 Å². The molecule has 4 N–H and O–H groups in total. The molecule has 48 heavy (non-hydrogen) atoms. The van der Waals surface area contributed by atoms with Crippen molar-refractivity contribution >= 4 is 83.4 Å². The number of esters is 2. The summed E-state index contributed by atoms with van der Waals surface area (Å²) >= 11 is 4.30. The minimum Gasteiger partial charge on any atom is -0.480 e. The van der Waals surface area contributed by atoms with E-state index in [0.717, 1.165) is 0 Å². The van der Waals surface area contributed by atoms with Gasteiger partial charge in [0.25, 0.3) is 11.8 Å². The lowest BCUT2D eigenvalue weighted by atomic mass is 10.2. The molecule has 4 amide bonds. The van der Waals surface area contributed by atoms with Crippen molar-refractivity contribution < 1.29 is 81.9 Å². The molecule has 1 fully saturated rings. The first-order valence-corrected chi connectivity index (χ1v) is 15.3. The Bertz CT molecular complexity index is 1160. The van der Waals surface area contributed by atoms with E-state index in [9.17, 15) is 47.9 Å². The minimum absolute atomic E-state index is 0.00551. The molecule has 20 nitrogen and oxygen atoms in total. The summed E-state index contributed by atoms with van der Waals surface area (Å²) in [7, 11) is 0. The number of nitrogens with zero attached hydrogens (tertiary/aromatic N) is 1. The molecule has 0 aromatic rings. The predicted molar refractivity (Wildman–Crippen MR) is 164 cm³/mol. The van der Waals surface area contributed by atoms with Gasteiger partial charge < -0.3 is 39.8 Å². The number of nitrogens with one attached hydrogen (secondary N) is 2. The number of carboxylic acids is 2. The molecular formula is C26H39N3O17S2. The van der Waals surface area contributed by atoms with Crippen molar-refractivity contribution in [2.45, 2.75) is 66.5 Å². The standard InChI is InChI=1S/C11H17NO7S.C10H13NO7.C5H9NO3S/c1-6(2)10(16)18-5-19-11(17)20-4-8(9(14)15)12-7(3)13;1-6(2)9(14)16-5-17-10(15)18-11-7(12)3-4-8(11)13;1-3(7)6-4(2-10)5(8)9/h6,8H,4-5H2,1-3H3,(H,12,13)(H,14,15);6H,3-5H2,1-2H3;4,10H,2H2,1H3,(H,6,7)(H,8,9)/t8-;;4-/m1.1/s1. The first kappa shape index (κ1) is 45.5. The van der Waals surface area contributed by atoms with Gasteiger partial charge in [0.05, 0.1) is 11.8 Å². The van der Waals surface area contributed by atoms with Crippen LogP contribution >= 0.6 is 24.4 Å². The van der Waals surface area contributed by atoms with Gasteiger partial charge in [-0.05, 0) is 11.8 Å². The Morgan fingerprint density at radius 2 is 1.17 bits per heavy atom. The quantitative estimate of drug-likeness (QED) is 0.0703. The average Bonchev–Trinajstić information content (AvgIpc) is 3.29. The third-order valence-corrected chi connectivity index (χ3v) is 5.99. The van der Waals surface area contributed by atoms with Gasteiger partial charge in [0.2, 0.25) is 25.4 Å². The average molecular weight is 730 g/mol. The number of thiol groups is 1. The number of thioether (sulfide) groups is 1. The van der Waals surface area contributed by atoms with Gasteiger partial charge in [-0.3, -0.25) is 33.6 Å². The molecule has 0 spiro atoms. The van der Waals surface area contributed by atoms with Crippen molar-refractivity contribution in [3.05, 3.63) is 0 Å². The molecule has 0 unspecified atom stereocenters. The number of carboxylic acid groups (broad SMARTS) is 2. The lowest BCUT2D eigenvalue weighted by molar-refractivity contribution is -0.183. The number of hydrogen-bond acceptors (Lipinski definition) is 17. The second kappa shape index (κ2) is 24.6. The number of aliphatic carboxylic acids is 2. The summed E-state index contributed by atoms with van der Waals surface area (Å²) in [5.41, 5.74) is 0. The lowest BCUT2D eigenvalue weighted by Gasteiger charge is -2.12. The fraction of sp³-hybridized carbons (Fsp3) is 0.615. The number of amides is 4. The third-order valence-electron chi connectivity index (χ3n) is 4.77. The molecular weight excluding hydrogens is 690 g/mol. The van der Waals surface area contributed by atoms with Gasteiger partial charge in [-0.25, -0.2) is 19.2 Å². The van der Waals surface area contributed by atoms with Crippen molar-refractivity contribution in [2.24, 2.45) is 11.8 Å². The highest BCUT2D eigenvalue weighted by Gasteiger charge is 2.33. The molecule has 0 saturated carbocycles. The van der Waals surface area contributed by atoms with E-state index in [0.29, 0.717) is 16.8 Å². The van der Waals surface area contributed by atoms with Crippen LogP contribution in [0.25, 0.3) is 0 Å². The maximum Gasteiger partial charge on any atom is 0.536 e. The maximum absolute atomic E-state index is 11.3. The first-order chi connectivity index (χ1) is 22.2. The third kappa shape index (κ3) is 22.0. The van der Waals surface area contributed by atoms with Gasteiger partial charge in [0.1, 0.15) is 12.1 Å². The molecule has 272 valence electrons. The van der Waals surface area contributed by atoms with Crippen LogP contribution in [0, 0.1) is 11.8 Å². The van der Waals surface area contributed by atoms with Crippen LogP contribution in [0.4, 0.5) is 9.59 Å². The fourth-order valence-electron chi connectivity index (χ4n) is 2.41. The van der Waals surface area contributed by atoms with Crippen LogP contribution in [-0.4, -0.2) is 111 Å². The van der Waals surface area contributed by atoms with Crippen molar-refractivity contribution in [1.29, 1.82) is 0 Å². The number of rotatable bonds is 14. The molecule has 1 aliphatic rings. The summed E-state index contributed by atoms with van der Waals surface area (Å²) in [6.07, 6.45) is -1.29. The van der Waals surface area contributed by atoms with E-state index in [1.807, 2.05) is 0 Å². The second-order valence-corrected chi connectivity index (χ2v) is 10.9. The first-order valence-electron chi connectivity index (χ1n) is 13.7. The molecule has 0 bridgehead atoms. The van der Waals surface area contributed by atoms with Gasteiger partial charge in [0.15, 0.2) is 0 Å². The molecule has 1 saturated heterocycles. The summed E-state index contributed by atoms with van der Waals surface area (Å²) in [4.78, 5) is 113. The summed E-state index contributed by atoms with van der Waals surface area (Å²) in [6, 6.07) is -2.07. The number of hydroxylamine groups is 2. The van der Waals surface area contributed by atoms with Crippen molar-refractivity contribution in [1.82, 2.24) is 15.7 Å². The second-order valence-electron chi connectivity index (χ2n) is 9.61. The molecule has 1 heterocycles. The van der Waals surface area contributed by atoms with E-state index in [4.69, 9.17) is 10.2 Å². The number of carbonyl (C=O) groups is 10. The van der Waals surface area contributed by atoms with E-state index in [2.05, 4.69) is 47.0 Å². The number of hydrogen-bond donors (Lipinski definition) is 5. The monoisotopic (exact) mass is 729 g/mol. The summed E-state index contributed by atoms with van der Waals surface area (Å²) < 4.78 is 18.1. The number of imide groups is 1. The number of ether oxygens (including phenoxy) is 4. The van der Waals surface area contributed by atoms with Crippen molar-refractivity contribution in [2.75, 3.05) is 25.1 Å². The molecule has 0 aromatic carbocycles. The summed E-state index contributed by atoms with van der Waals surface area (Å²) in [5.74, 6) is -6.26. The van der Waals surface area contributed by atoms with Crippen molar-refractivity contribution in [3.8, 4) is 0 Å². The summed E-state index contributed by atoms with van der Waals surface area (Å²) in [6.45, 7) is 7.76. The highest BCUT2D eigenvalue weighted by molar-refractivity contribution is 8.13. The Morgan fingerprint density at radius 1 is 0.750 bits per heavy atom. The van der Waals surface area contributed by atoms with Crippen LogP contribution in [0.3, 0.4) is 0 Å². The van der Waals surface area contributed by atoms with Crippen LogP contribution in [0.1, 0.15) is 54.4 Å². The van der Waals surface area contributed by atoms with Gasteiger partial charge in [-0.2, -0.15) is 12.6 Å². The van der Waals surface area contributed by atoms with Crippen LogP contribution in [0.2, 0.25) is 0 Å². The fourth-order valence-corrected chi connectivity index (χ4v) is 3.31. The molecule has 1 rings (SSSR count). The van der Waals surface area contributed by atoms with Crippen molar-refractivity contribution in [3.63, 3.8) is 0 Å². The molecule has 0 aromatic heterocycles. The highest BCUT2D eigenvalue weighted by atomic mass is 32.2. The molecule has 0 radical (unpaired) electrons. The lowest BCUT2D eigenvalue weighted by Crippen LogP contribution is -2.41. The zero-order valence-electron chi connectivity index (χ0n) is 26.9. The van der Waals surface area contributed by atoms with E-state index in [1.165, 1.54) is 13.8 Å². The Kier molecular flexibility index (Phi) is 23.3. The molecule has 2 atom stereocenters. The van der Waals surface area contributed by atoms with Gasteiger partial charge in [-0.1, -0.05) is 32.8 Å². The highest BCUT2D eigenvalue weighted by Crippen LogP contribution is 2.12. The van der Waals surface area contributed by atoms with Crippen LogP contribution < -0.4 is 10.6 Å². The zero-order chi connectivity index (χ0) is 37.6. The smallest absolute Gasteiger partial charge is 0.480 e. The van der Waals surface area contributed by atoms with Gasteiger partial charge in [-0.15, -0.1) is 0 Å². The van der Waals surface area contributed by atoms with E-state index in [-0.39, 0.29) is 42.1 Å². The van der Waals surface area contributed by atoms with E-state index < -0.39 is 78.7 Å². The molecule has 1 aliphatic heterocycles. The summed E-state index contributed by atoms with van der Waals surface area (Å²) in [5, 5.41) is 21.1. The normalized spacial score (nSPS) is 13.0. The Labute approximate surface area is 284 Å². The molecule has 0 aliphatic carbocycles. The van der Waals surface area contributed by atoms with Gasteiger partial charge >= 0.3 is 35.3 Å². The SMILES string of the molecule is CC(=O)N[C@H](CS)C(=O)O.CC(=O)N[C@H](CSC(=O)OCOC(=O)C(C)C)C(=O)O.CC(C)C(=O)OCOC(=O)ON1C(=O)CCC1=O. The van der Waals surface area contributed by atoms with E-state index in [1.54, 1.807) is 27.7 Å². The Morgan fingerprint density at radius 3 is 1.52 bits per heavy atom.